The average Bonchev–Trinajstić information content (AvgIpc) is 3.52. The summed E-state index contributed by atoms with van der Waals surface area (Å²) >= 11 is 0. The highest BCUT2D eigenvalue weighted by molar-refractivity contribution is 6.05. The molecule has 1 amide bonds. The highest BCUT2D eigenvalue weighted by Crippen LogP contribution is 2.26. The van der Waals surface area contributed by atoms with Crippen molar-refractivity contribution >= 4 is 28.5 Å². The lowest BCUT2D eigenvalue weighted by molar-refractivity contribution is -0.119. The lowest BCUT2D eigenvalue weighted by atomic mass is 10.1. The highest BCUT2D eigenvalue weighted by Gasteiger charge is 2.19. The largest absolute Gasteiger partial charge is 0.463 e. The molecule has 3 aromatic heterocycles. The van der Waals surface area contributed by atoms with Gasteiger partial charge in [-0.3, -0.25) is 4.79 Å². The molecule has 0 fully saturated rings. The number of hydrogen-bond acceptors (Lipinski definition) is 6. The van der Waals surface area contributed by atoms with Gasteiger partial charge in [0.25, 0.3) is 5.91 Å². The molecule has 0 bridgehead atoms. The van der Waals surface area contributed by atoms with Crippen LogP contribution in [0.25, 0.3) is 28.0 Å². The van der Waals surface area contributed by atoms with E-state index in [1.807, 2.05) is 56.3 Å². The number of benzene rings is 2. The Balaban J connectivity index is 1.33. The summed E-state index contributed by atoms with van der Waals surface area (Å²) in [5.41, 5.74) is 4.34. The second-order valence-corrected chi connectivity index (χ2v) is 7.97. The third kappa shape index (κ3) is 4.41. The van der Waals surface area contributed by atoms with Crippen molar-refractivity contribution in [1.82, 2.24) is 14.8 Å². The van der Waals surface area contributed by atoms with Crippen molar-refractivity contribution in [3.05, 3.63) is 96.0 Å². The lowest BCUT2D eigenvalue weighted by Gasteiger charge is -2.10. The van der Waals surface area contributed by atoms with E-state index in [-0.39, 0.29) is 0 Å². The molecule has 2 aromatic carbocycles. The van der Waals surface area contributed by atoms with Gasteiger partial charge in [-0.1, -0.05) is 36.4 Å². The number of carbonyl (C=O) groups is 2. The number of aromatic nitrogens is 3. The molecule has 1 N–H and O–H groups in total. The Morgan fingerprint density at radius 2 is 1.77 bits per heavy atom. The Morgan fingerprint density at radius 1 is 1.00 bits per heavy atom. The van der Waals surface area contributed by atoms with Gasteiger partial charge in [-0.2, -0.15) is 5.10 Å². The summed E-state index contributed by atoms with van der Waals surface area (Å²) in [6.07, 6.45) is 1.54. The molecule has 8 nitrogen and oxygen atoms in total. The van der Waals surface area contributed by atoms with Crippen LogP contribution in [-0.2, 0) is 9.53 Å². The first-order valence-electron chi connectivity index (χ1n) is 11.0. The number of amides is 1. The maximum Gasteiger partial charge on any atom is 0.339 e. The van der Waals surface area contributed by atoms with E-state index in [9.17, 15) is 9.59 Å². The number of anilines is 1. The van der Waals surface area contributed by atoms with E-state index >= 15 is 0 Å². The van der Waals surface area contributed by atoms with Gasteiger partial charge in [0.1, 0.15) is 5.69 Å². The molecule has 0 spiro atoms. The zero-order chi connectivity index (χ0) is 24.4. The molecular weight excluding hydrogens is 444 g/mol. The summed E-state index contributed by atoms with van der Waals surface area (Å²) in [4.78, 5) is 30.2. The van der Waals surface area contributed by atoms with E-state index in [0.717, 1.165) is 11.4 Å². The third-order valence-corrected chi connectivity index (χ3v) is 5.60. The van der Waals surface area contributed by atoms with E-state index in [1.54, 1.807) is 41.3 Å². The van der Waals surface area contributed by atoms with Gasteiger partial charge in [0.05, 0.1) is 40.1 Å². The van der Waals surface area contributed by atoms with Crippen molar-refractivity contribution in [2.24, 2.45) is 0 Å². The number of fused-ring (bicyclic) bond motifs is 1. The van der Waals surface area contributed by atoms with Crippen LogP contribution in [0.1, 0.15) is 21.7 Å². The molecule has 0 atom stereocenters. The number of furan rings is 1. The number of pyridine rings is 1. The van der Waals surface area contributed by atoms with Crippen LogP contribution in [0.15, 0.2) is 83.5 Å². The monoisotopic (exact) mass is 466 g/mol. The summed E-state index contributed by atoms with van der Waals surface area (Å²) in [7, 11) is 0. The first kappa shape index (κ1) is 22.1. The van der Waals surface area contributed by atoms with Crippen molar-refractivity contribution in [2.45, 2.75) is 13.8 Å². The van der Waals surface area contributed by atoms with Gasteiger partial charge in [-0.05, 0) is 50.2 Å². The molecule has 3 heterocycles. The van der Waals surface area contributed by atoms with Gasteiger partial charge in [-0.15, -0.1) is 0 Å². The number of carbonyl (C=O) groups excluding carboxylic acids is 2. The quantitative estimate of drug-likeness (QED) is 0.350. The van der Waals surface area contributed by atoms with Crippen LogP contribution in [0, 0.1) is 13.8 Å². The number of aryl methyl sites for hydroxylation is 1. The molecule has 0 saturated carbocycles. The molecule has 0 aliphatic carbocycles. The topological polar surface area (TPSA) is 99.2 Å². The van der Waals surface area contributed by atoms with E-state index in [1.165, 1.54) is 0 Å². The standard InChI is InChI=1S/C27H22N4O4/c1-17-26(18(2)31(30-17)19-9-4-3-5-10-19)29-25(32)16-35-27(33)21-15-23(24-13-8-14-34-24)28-22-12-7-6-11-20(21)22/h3-15H,16H2,1-2H3,(H,29,32). The predicted molar refractivity (Wildman–Crippen MR) is 131 cm³/mol. The molecular formula is C27H22N4O4. The highest BCUT2D eigenvalue weighted by atomic mass is 16.5. The summed E-state index contributed by atoms with van der Waals surface area (Å²) in [5, 5.41) is 7.97. The Hall–Kier alpha value is -4.72. The van der Waals surface area contributed by atoms with E-state index in [0.29, 0.717) is 39.3 Å². The molecule has 5 aromatic rings. The SMILES string of the molecule is Cc1nn(-c2ccccc2)c(C)c1NC(=O)COC(=O)c1cc(-c2ccco2)nc2ccccc12. The van der Waals surface area contributed by atoms with Crippen LogP contribution in [0.5, 0.6) is 0 Å². The normalized spacial score (nSPS) is 10.9. The van der Waals surface area contributed by atoms with Gasteiger partial charge in [0.2, 0.25) is 0 Å². The second kappa shape index (κ2) is 9.26. The summed E-state index contributed by atoms with van der Waals surface area (Å²) in [6.45, 7) is 3.24. The summed E-state index contributed by atoms with van der Waals surface area (Å²) < 4.78 is 12.6. The Bertz CT molecular complexity index is 1520. The minimum absolute atomic E-state index is 0.305. The fourth-order valence-corrected chi connectivity index (χ4v) is 3.92. The van der Waals surface area contributed by atoms with Gasteiger partial charge in [0.15, 0.2) is 12.4 Å². The minimum atomic E-state index is -0.625. The second-order valence-electron chi connectivity index (χ2n) is 7.97. The van der Waals surface area contributed by atoms with Gasteiger partial charge in [0, 0.05) is 5.39 Å². The van der Waals surface area contributed by atoms with Crippen LogP contribution >= 0.6 is 0 Å². The number of esters is 1. The molecule has 35 heavy (non-hydrogen) atoms. The molecule has 0 aliphatic heterocycles. The zero-order valence-corrected chi connectivity index (χ0v) is 19.2. The number of nitrogens with zero attached hydrogens (tertiary/aromatic N) is 3. The Morgan fingerprint density at radius 3 is 2.54 bits per heavy atom. The Labute approximate surface area is 201 Å². The number of rotatable bonds is 6. The number of hydrogen-bond donors (Lipinski definition) is 1. The molecule has 5 rings (SSSR count). The Kier molecular flexibility index (Phi) is 5.85. The van der Waals surface area contributed by atoms with Crippen LogP contribution in [0.2, 0.25) is 0 Å². The van der Waals surface area contributed by atoms with Crippen molar-refractivity contribution in [1.29, 1.82) is 0 Å². The summed E-state index contributed by atoms with van der Waals surface area (Å²) in [5.74, 6) is -0.550. The molecule has 0 saturated heterocycles. The fourth-order valence-electron chi connectivity index (χ4n) is 3.92. The van der Waals surface area contributed by atoms with E-state index in [2.05, 4.69) is 15.4 Å². The van der Waals surface area contributed by atoms with E-state index < -0.39 is 18.5 Å². The van der Waals surface area contributed by atoms with Crippen molar-refractivity contribution < 1.29 is 18.7 Å². The smallest absolute Gasteiger partial charge is 0.339 e. The van der Waals surface area contributed by atoms with Gasteiger partial charge < -0.3 is 14.5 Å². The van der Waals surface area contributed by atoms with Gasteiger partial charge in [-0.25, -0.2) is 14.5 Å². The van der Waals surface area contributed by atoms with Crippen molar-refractivity contribution in [3.8, 4) is 17.1 Å². The molecule has 0 radical (unpaired) electrons. The maximum atomic E-state index is 13.0. The van der Waals surface area contributed by atoms with Crippen LogP contribution in [0.3, 0.4) is 0 Å². The molecule has 8 heteroatoms. The fraction of sp³-hybridized carbons (Fsp3) is 0.111. The van der Waals surface area contributed by atoms with E-state index in [4.69, 9.17) is 9.15 Å². The molecule has 174 valence electrons. The number of nitrogens with one attached hydrogen (secondary N) is 1. The lowest BCUT2D eigenvalue weighted by Crippen LogP contribution is -2.21. The molecule has 0 unspecified atom stereocenters. The van der Waals surface area contributed by atoms with Crippen LogP contribution in [-0.4, -0.2) is 33.2 Å². The predicted octanol–water partition coefficient (Wildman–Crippen LogP) is 5.09. The van der Waals surface area contributed by atoms with Crippen LogP contribution < -0.4 is 5.32 Å². The first-order valence-corrected chi connectivity index (χ1v) is 11.0. The zero-order valence-electron chi connectivity index (χ0n) is 19.2. The average molecular weight is 466 g/mol. The molecule has 0 aliphatic rings. The summed E-state index contributed by atoms with van der Waals surface area (Å²) in [6, 6.07) is 22.0. The first-order chi connectivity index (χ1) is 17.0. The maximum absolute atomic E-state index is 13.0. The van der Waals surface area contributed by atoms with Crippen LogP contribution in [0.4, 0.5) is 5.69 Å². The van der Waals surface area contributed by atoms with Crippen molar-refractivity contribution in [3.63, 3.8) is 0 Å². The number of para-hydroxylation sites is 2. The third-order valence-electron chi connectivity index (χ3n) is 5.60. The number of ether oxygens (including phenoxy) is 1. The van der Waals surface area contributed by atoms with Crippen molar-refractivity contribution in [2.75, 3.05) is 11.9 Å². The minimum Gasteiger partial charge on any atom is -0.463 e. The van der Waals surface area contributed by atoms with Gasteiger partial charge >= 0.3 is 5.97 Å².